The number of nitrogens with zero attached hydrogens (tertiary/aromatic N) is 3. The highest BCUT2D eigenvalue weighted by atomic mass is 32.1. The summed E-state index contributed by atoms with van der Waals surface area (Å²) in [5, 5.41) is 3.79. The number of methoxy groups -OCH3 is 1. The molecule has 2 fully saturated rings. The molecule has 0 spiro atoms. The topological polar surface area (TPSA) is 74.8 Å². The Balaban J connectivity index is 1.50. The van der Waals surface area contributed by atoms with Crippen LogP contribution in [0, 0.1) is 0 Å². The Kier molecular flexibility index (Phi) is 7.37. The first-order chi connectivity index (χ1) is 16.9. The number of thiazole rings is 1. The van der Waals surface area contributed by atoms with Gasteiger partial charge in [0.15, 0.2) is 0 Å². The average Bonchev–Trinajstić information content (AvgIpc) is 3.46. The minimum absolute atomic E-state index is 0.0399. The third kappa shape index (κ3) is 5.53. The molecule has 1 N–H and O–H groups in total. The molecule has 0 saturated carbocycles. The number of carbonyl (C=O) groups excluding carboxylic acids is 2. The van der Waals surface area contributed by atoms with Crippen LogP contribution < -0.4 is 10.1 Å². The van der Waals surface area contributed by atoms with Crippen LogP contribution in [0.15, 0.2) is 18.3 Å². The molecule has 0 bridgehead atoms. The highest BCUT2D eigenvalue weighted by molar-refractivity contribution is 7.15. The van der Waals surface area contributed by atoms with E-state index >= 15 is 0 Å². The van der Waals surface area contributed by atoms with Gasteiger partial charge in [0.05, 0.1) is 7.11 Å². The van der Waals surface area contributed by atoms with Crippen molar-refractivity contribution in [3.05, 3.63) is 34.3 Å². The van der Waals surface area contributed by atoms with Gasteiger partial charge in [-0.2, -0.15) is 0 Å². The number of piperidine rings is 1. The molecule has 196 valence electrons. The molecule has 3 heterocycles. The first kappa shape index (κ1) is 26.5. The molecule has 0 atom stereocenters. The number of carbonyl (C=O) groups is 2. The van der Waals surface area contributed by atoms with Gasteiger partial charge < -0.3 is 19.9 Å². The van der Waals surface area contributed by atoms with Gasteiger partial charge in [-0.05, 0) is 41.7 Å². The van der Waals surface area contributed by atoms with Crippen molar-refractivity contribution in [3.63, 3.8) is 0 Å². The molecule has 2 aromatic rings. The number of hydrogen-bond donors (Lipinski definition) is 1. The third-order valence-corrected chi connectivity index (χ3v) is 8.41. The van der Waals surface area contributed by atoms with Crippen molar-refractivity contribution in [1.82, 2.24) is 20.1 Å². The maximum Gasteiger partial charge on any atom is 0.317 e. The maximum atomic E-state index is 12.7. The molecule has 0 radical (unpaired) electrons. The highest BCUT2D eigenvalue weighted by Crippen LogP contribution is 2.44. The second-order valence-electron chi connectivity index (χ2n) is 12.0. The maximum absolute atomic E-state index is 12.7. The van der Waals surface area contributed by atoms with E-state index in [4.69, 9.17) is 9.72 Å². The summed E-state index contributed by atoms with van der Waals surface area (Å²) in [5.74, 6) is 1.41. The molecular weight excluding hydrogens is 472 g/mol. The van der Waals surface area contributed by atoms with E-state index in [1.165, 1.54) is 16.0 Å². The monoisotopic (exact) mass is 512 g/mol. The fourth-order valence-electron chi connectivity index (χ4n) is 5.03. The zero-order chi connectivity index (χ0) is 26.3. The van der Waals surface area contributed by atoms with E-state index in [0.29, 0.717) is 19.0 Å². The minimum atomic E-state index is -0.141. The lowest BCUT2D eigenvalue weighted by Gasteiger charge is -2.32. The van der Waals surface area contributed by atoms with Crippen molar-refractivity contribution in [2.24, 2.45) is 0 Å². The lowest BCUT2D eigenvalue weighted by molar-refractivity contribution is -0.132. The van der Waals surface area contributed by atoms with E-state index in [9.17, 15) is 9.59 Å². The molecule has 36 heavy (non-hydrogen) atoms. The molecular formula is C28H40N4O3S. The van der Waals surface area contributed by atoms with Gasteiger partial charge in [-0.1, -0.05) is 41.5 Å². The van der Waals surface area contributed by atoms with Crippen molar-refractivity contribution >= 4 is 23.3 Å². The molecule has 0 unspecified atom stereocenters. The molecule has 7 nitrogen and oxygen atoms in total. The van der Waals surface area contributed by atoms with Gasteiger partial charge in [0.25, 0.3) is 0 Å². The van der Waals surface area contributed by atoms with Gasteiger partial charge in [0, 0.05) is 53.9 Å². The molecule has 0 aliphatic carbocycles. The number of rotatable bonds is 5. The molecule has 2 saturated heterocycles. The number of ether oxygens (including phenoxy) is 1. The highest BCUT2D eigenvalue weighted by Gasteiger charge is 2.30. The average molecular weight is 513 g/mol. The zero-order valence-corrected chi connectivity index (χ0v) is 23.6. The SMILES string of the molecule is COc1c(C(C)(C)C)cc(-c2ncc(C3CCN(C(=O)CN4CCNC4=O)CC3)s2)cc1C(C)(C)C. The van der Waals surface area contributed by atoms with E-state index in [0.717, 1.165) is 42.3 Å². The summed E-state index contributed by atoms with van der Waals surface area (Å²) in [5.41, 5.74) is 3.41. The Hall–Kier alpha value is -2.61. The molecule has 8 heteroatoms. The van der Waals surface area contributed by atoms with Crippen molar-refractivity contribution in [3.8, 4) is 16.3 Å². The van der Waals surface area contributed by atoms with Crippen LogP contribution >= 0.6 is 11.3 Å². The van der Waals surface area contributed by atoms with Gasteiger partial charge in [-0.25, -0.2) is 9.78 Å². The van der Waals surface area contributed by atoms with Crippen molar-refractivity contribution in [1.29, 1.82) is 0 Å². The molecule has 2 aliphatic rings. The number of hydrogen-bond acceptors (Lipinski definition) is 5. The fourth-order valence-corrected chi connectivity index (χ4v) is 6.11. The summed E-state index contributed by atoms with van der Waals surface area (Å²) in [7, 11) is 1.76. The number of amides is 3. The van der Waals surface area contributed by atoms with Gasteiger partial charge in [0.2, 0.25) is 5.91 Å². The van der Waals surface area contributed by atoms with Crippen LogP contribution in [0.25, 0.3) is 10.6 Å². The van der Waals surface area contributed by atoms with Crippen LogP contribution in [0.1, 0.15) is 76.3 Å². The van der Waals surface area contributed by atoms with Crippen LogP contribution in [0.5, 0.6) is 5.75 Å². The number of likely N-dealkylation sites (tertiary alicyclic amines) is 1. The number of benzene rings is 1. The predicted octanol–water partition coefficient (Wildman–Crippen LogP) is 5.14. The summed E-state index contributed by atoms with van der Waals surface area (Å²) in [6.07, 6.45) is 3.86. The van der Waals surface area contributed by atoms with Crippen molar-refractivity contribution < 1.29 is 14.3 Å². The smallest absolute Gasteiger partial charge is 0.317 e. The minimum Gasteiger partial charge on any atom is -0.496 e. The van der Waals surface area contributed by atoms with E-state index in [1.807, 2.05) is 11.1 Å². The normalized spacial score (nSPS) is 17.5. The van der Waals surface area contributed by atoms with E-state index in [1.54, 1.807) is 23.3 Å². The molecule has 1 aromatic carbocycles. The summed E-state index contributed by atoms with van der Waals surface area (Å²) >= 11 is 1.76. The standard InChI is InChI=1S/C28H40N4O3S/c1-27(2,3)20-14-19(15-21(24(20)35-7)28(4,5)6)25-30-16-22(36-25)18-8-11-31(12-9-18)23(33)17-32-13-10-29-26(32)34/h14-16,18H,8-13,17H2,1-7H3,(H,29,34). The first-order valence-corrected chi connectivity index (χ1v) is 13.7. The third-order valence-electron chi connectivity index (χ3n) is 7.20. The van der Waals surface area contributed by atoms with Crippen LogP contribution in [-0.2, 0) is 15.6 Å². The number of aromatic nitrogens is 1. The number of nitrogens with one attached hydrogen (secondary N) is 1. The molecule has 4 rings (SSSR count). The quantitative estimate of drug-likeness (QED) is 0.602. The fraction of sp³-hybridized carbons (Fsp3) is 0.607. The van der Waals surface area contributed by atoms with E-state index in [2.05, 4.69) is 59.0 Å². The lowest BCUT2D eigenvalue weighted by Crippen LogP contribution is -2.44. The van der Waals surface area contributed by atoms with Gasteiger partial charge in [-0.15, -0.1) is 11.3 Å². The van der Waals surface area contributed by atoms with Crippen LogP contribution in [-0.4, -0.2) is 66.6 Å². The molecule has 2 aliphatic heterocycles. The van der Waals surface area contributed by atoms with Gasteiger partial charge >= 0.3 is 6.03 Å². The summed E-state index contributed by atoms with van der Waals surface area (Å²) < 4.78 is 5.92. The Morgan fingerprint density at radius 1 is 1.08 bits per heavy atom. The van der Waals surface area contributed by atoms with Gasteiger partial charge in [-0.3, -0.25) is 4.79 Å². The Morgan fingerprint density at radius 2 is 1.69 bits per heavy atom. The Labute approximate surface area is 219 Å². The lowest BCUT2D eigenvalue weighted by atomic mass is 9.78. The molecule has 3 amide bonds. The van der Waals surface area contributed by atoms with Crippen molar-refractivity contribution in [2.75, 3.05) is 39.8 Å². The molecule has 1 aromatic heterocycles. The second kappa shape index (κ2) is 10.0. The van der Waals surface area contributed by atoms with Crippen molar-refractivity contribution in [2.45, 2.75) is 71.1 Å². The van der Waals surface area contributed by atoms with Crippen LogP contribution in [0.3, 0.4) is 0 Å². The van der Waals surface area contributed by atoms with Crippen LogP contribution in [0.4, 0.5) is 4.79 Å². The summed E-state index contributed by atoms with van der Waals surface area (Å²) in [4.78, 5) is 34.1. The Bertz CT molecular complexity index is 1090. The summed E-state index contributed by atoms with van der Waals surface area (Å²) in [6, 6.07) is 4.34. The van der Waals surface area contributed by atoms with Crippen LogP contribution in [0.2, 0.25) is 0 Å². The Morgan fingerprint density at radius 3 is 2.19 bits per heavy atom. The number of urea groups is 1. The van der Waals surface area contributed by atoms with E-state index in [-0.39, 0.29) is 29.3 Å². The largest absolute Gasteiger partial charge is 0.496 e. The summed E-state index contributed by atoms with van der Waals surface area (Å²) in [6.45, 7) is 16.2. The first-order valence-electron chi connectivity index (χ1n) is 12.9. The second-order valence-corrected chi connectivity index (χ2v) is 13.0. The van der Waals surface area contributed by atoms with E-state index < -0.39 is 0 Å². The zero-order valence-electron chi connectivity index (χ0n) is 22.7. The predicted molar refractivity (Wildman–Crippen MR) is 145 cm³/mol. The van der Waals surface area contributed by atoms with Gasteiger partial charge in [0.1, 0.15) is 17.3 Å².